The van der Waals surface area contributed by atoms with Crippen LogP contribution in [0.3, 0.4) is 0 Å². The summed E-state index contributed by atoms with van der Waals surface area (Å²) in [6.45, 7) is 1.35. The third-order valence-electron chi connectivity index (χ3n) is 3.87. The van der Waals surface area contributed by atoms with E-state index in [4.69, 9.17) is 5.73 Å². The van der Waals surface area contributed by atoms with Crippen LogP contribution in [-0.4, -0.2) is 26.8 Å². The molecule has 1 aliphatic carbocycles. The van der Waals surface area contributed by atoms with E-state index in [2.05, 4.69) is 0 Å². The summed E-state index contributed by atoms with van der Waals surface area (Å²) < 4.78 is 11.5. The Balaban J connectivity index is 2.97. The smallest absolute Gasteiger partial charge is 0.347 e. The molecule has 0 spiro atoms. The van der Waals surface area contributed by atoms with E-state index in [-0.39, 0.29) is 11.8 Å². The van der Waals surface area contributed by atoms with Crippen molar-refractivity contribution in [2.24, 2.45) is 17.6 Å². The zero-order valence-electron chi connectivity index (χ0n) is 9.67. The fourth-order valence-electron chi connectivity index (χ4n) is 2.78. The van der Waals surface area contributed by atoms with Gasteiger partial charge in [-0.1, -0.05) is 32.6 Å². The van der Waals surface area contributed by atoms with E-state index < -0.39 is 19.5 Å². The van der Waals surface area contributed by atoms with Crippen LogP contribution in [0.15, 0.2) is 0 Å². The monoisotopic (exact) mass is 251 g/mol. The molecule has 5 nitrogen and oxygen atoms in total. The van der Waals surface area contributed by atoms with Gasteiger partial charge in [0, 0.05) is 0 Å². The van der Waals surface area contributed by atoms with Crippen molar-refractivity contribution in [1.82, 2.24) is 0 Å². The predicted molar refractivity (Wildman–Crippen MR) is 61.8 cm³/mol. The molecule has 3 unspecified atom stereocenters. The van der Waals surface area contributed by atoms with E-state index in [9.17, 15) is 19.5 Å². The third-order valence-corrected chi connectivity index (χ3v) is 5.43. The minimum absolute atomic E-state index is 0.207. The van der Waals surface area contributed by atoms with Crippen LogP contribution in [0, 0.1) is 11.8 Å². The van der Waals surface area contributed by atoms with Gasteiger partial charge in [-0.3, -0.25) is 4.57 Å². The van der Waals surface area contributed by atoms with Gasteiger partial charge in [-0.25, -0.2) is 0 Å². The van der Waals surface area contributed by atoms with Crippen LogP contribution in [0.1, 0.15) is 39.0 Å². The Hall–Kier alpha value is 0.0700. The maximum atomic E-state index is 11.5. The van der Waals surface area contributed by atoms with Crippen LogP contribution in [-0.2, 0) is 4.57 Å². The summed E-state index contributed by atoms with van der Waals surface area (Å²) in [7, 11) is -4.48. The quantitative estimate of drug-likeness (QED) is 0.559. The van der Waals surface area contributed by atoms with Gasteiger partial charge in [0.05, 0.1) is 6.61 Å². The predicted octanol–water partition coefficient (Wildman–Crippen LogP) is 1.03. The molecular formula is C10H22NO4P. The highest BCUT2D eigenvalue weighted by atomic mass is 31.2. The summed E-state index contributed by atoms with van der Waals surface area (Å²) in [5.74, 6) is -0.0735. The molecule has 0 aromatic rings. The van der Waals surface area contributed by atoms with Crippen LogP contribution >= 0.6 is 7.60 Å². The summed E-state index contributed by atoms with van der Waals surface area (Å²) in [5, 5.41) is 7.51. The van der Waals surface area contributed by atoms with E-state index in [0.717, 1.165) is 25.7 Å². The van der Waals surface area contributed by atoms with Gasteiger partial charge in [-0.05, 0) is 18.3 Å². The van der Waals surface area contributed by atoms with E-state index in [1.165, 1.54) is 0 Å². The number of hydrogen-bond acceptors (Lipinski definition) is 3. The second kappa shape index (κ2) is 5.15. The van der Waals surface area contributed by atoms with Crippen molar-refractivity contribution in [3.8, 4) is 0 Å². The summed E-state index contributed by atoms with van der Waals surface area (Å²) >= 11 is 0. The minimum atomic E-state index is -4.48. The van der Waals surface area contributed by atoms with Gasteiger partial charge < -0.3 is 20.6 Å². The number of rotatable bonds is 4. The molecule has 1 aliphatic rings. The summed E-state index contributed by atoms with van der Waals surface area (Å²) in [4.78, 5) is 18.7. The Morgan fingerprint density at radius 2 is 1.94 bits per heavy atom. The van der Waals surface area contributed by atoms with Crippen LogP contribution in [0.2, 0.25) is 0 Å². The number of aliphatic hydroxyl groups excluding tert-OH is 1. The maximum absolute atomic E-state index is 11.5. The molecule has 1 fully saturated rings. The lowest BCUT2D eigenvalue weighted by atomic mass is 9.74. The highest BCUT2D eigenvalue weighted by Crippen LogP contribution is 2.55. The molecule has 0 radical (unpaired) electrons. The van der Waals surface area contributed by atoms with E-state index in [0.29, 0.717) is 6.42 Å². The normalized spacial score (nSPS) is 31.1. The first-order chi connectivity index (χ1) is 7.36. The van der Waals surface area contributed by atoms with Gasteiger partial charge in [0.25, 0.3) is 0 Å². The lowest BCUT2D eigenvalue weighted by molar-refractivity contribution is 0.102. The van der Waals surface area contributed by atoms with Crippen molar-refractivity contribution < 1.29 is 19.5 Å². The summed E-state index contributed by atoms with van der Waals surface area (Å²) in [6.07, 6.45) is 4.50. The maximum Gasteiger partial charge on any atom is 0.347 e. The minimum Gasteiger partial charge on any atom is -0.394 e. The highest BCUT2D eigenvalue weighted by molar-refractivity contribution is 7.53. The second-order valence-corrected chi connectivity index (χ2v) is 6.67. The van der Waals surface area contributed by atoms with Crippen molar-refractivity contribution in [3.05, 3.63) is 0 Å². The molecular weight excluding hydrogens is 229 g/mol. The number of hydrogen-bond donors (Lipinski definition) is 4. The molecule has 0 heterocycles. The SMILES string of the molecule is CCC1CCCCC1C(N)(CO)P(=O)(O)O. The van der Waals surface area contributed by atoms with Crippen LogP contribution in [0.4, 0.5) is 0 Å². The largest absolute Gasteiger partial charge is 0.394 e. The van der Waals surface area contributed by atoms with Gasteiger partial charge in [0.1, 0.15) is 5.28 Å². The van der Waals surface area contributed by atoms with Crippen LogP contribution < -0.4 is 5.73 Å². The van der Waals surface area contributed by atoms with Gasteiger partial charge >= 0.3 is 7.60 Å². The highest BCUT2D eigenvalue weighted by Gasteiger charge is 2.51. The molecule has 96 valence electrons. The molecule has 0 aliphatic heterocycles. The van der Waals surface area contributed by atoms with E-state index >= 15 is 0 Å². The van der Waals surface area contributed by atoms with E-state index in [1.54, 1.807) is 0 Å². The molecule has 0 aromatic carbocycles. The van der Waals surface area contributed by atoms with Crippen molar-refractivity contribution >= 4 is 7.60 Å². The Labute approximate surface area is 96.2 Å². The molecule has 3 atom stereocenters. The zero-order chi connectivity index (χ0) is 12.4. The molecule has 0 aromatic heterocycles. The topological polar surface area (TPSA) is 104 Å². The van der Waals surface area contributed by atoms with Gasteiger partial charge in [0.2, 0.25) is 0 Å². The Kier molecular flexibility index (Phi) is 4.55. The van der Waals surface area contributed by atoms with Crippen LogP contribution in [0.5, 0.6) is 0 Å². The standard InChI is InChI=1S/C10H22NO4P/c1-2-8-5-3-4-6-9(8)10(11,7-12)16(13,14)15/h8-9,12H,2-7,11H2,1H3,(H2,13,14,15). The number of nitrogens with two attached hydrogens (primary N) is 1. The average molecular weight is 251 g/mol. The molecule has 6 heteroatoms. The van der Waals surface area contributed by atoms with E-state index in [1.807, 2.05) is 6.92 Å². The van der Waals surface area contributed by atoms with Gasteiger partial charge in [-0.15, -0.1) is 0 Å². The second-order valence-electron chi connectivity index (χ2n) is 4.75. The summed E-state index contributed by atoms with van der Waals surface area (Å²) in [6, 6.07) is 0. The first kappa shape index (κ1) is 14.1. The molecule has 5 N–H and O–H groups in total. The lowest BCUT2D eigenvalue weighted by Crippen LogP contribution is -2.53. The van der Waals surface area contributed by atoms with Crippen molar-refractivity contribution in [1.29, 1.82) is 0 Å². The van der Waals surface area contributed by atoms with Crippen molar-refractivity contribution in [3.63, 3.8) is 0 Å². The first-order valence-corrected chi connectivity index (χ1v) is 7.43. The Morgan fingerprint density at radius 1 is 1.38 bits per heavy atom. The fraction of sp³-hybridized carbons (Fsp3) is 1.00. The zero-order valence-corrected chi connectivity index (χ0v) is 10.6. The third kappa shape index (κ3) is 2.49. The average Bonchev–Trinajstić information content (AvgIpc) is 2.26. The number of aliphatic hydroxyl groups is 1. The lowest BCUT2D eigenvalue weighted by Gasteiger charge is -2.42. The molecule has 0 saturated heterocycles. The van der Waals surface area contributed by atoms with Crippen molar-refractivity contribution in [2.75, 3.05) is 6.61 Å². The van der Waals surface area contributed by atoms with Gasteiger partial charge in [-0.2, -0.15) is 0 Å². The summed E-state index contributed by atoms with van der Waals surface area (Å²) in [5.41, 5.74) is 5.80. The fourth-order valence-corrected chi connectivity index (χ4v) is 3.74. The van der Waals surface area contributed by atoms with Crippen LogP contribution in [0.25, 0.3) is 0 Å². The first-order valence-electron chi connectivity index (χ1n) is 5.82. The molecule has 16 heavy (non-hydrogen) atoms. The molecule has 0 amide bonds. The Morgan fingerprint density at radius 3 is 2.38 bits per heavy atom. The molecule has 1 rings (SSSR count). The molecule has 1 saturated carbocycles. The van der Waals surface area contributed by atoms with Gasteiger partial charge in [0.15, 0.2) is 0 Å². The van der Waals surface area contributed by atoms with Crippen molar-refractivity contribution in [2.45, 2.75) is 44.3 Å². The Bertz CT molecular complexity index is 280. The molecule has 0 bridgehead atoms.